The molecule has 0 amide bonds. The molecule has 0 atom stereocenters. The number of hydrogen-bond acceptors (Lipinski definition) is 5. The van der Waals surface area contributed by atoms with Crippen LogP contribution in [0.4, 0.5) is 0 Å². The van der Waals surface area contributed by atoms with Crippen molar-refractivity contribution in [2.75, 3.05) is 0 Å². The van der Waals surface area contributed by atoms with Gasteiger partial charge in [-0.2, -0.15) is 5.10 Å². The SMILES string of the molecule is CCCCCCc1cc2cc(/C(C)=N/NC(N)=S)c(=O)oc2cc1O. The molecule has 0 spiro atoms. The van der Waals surface area contributed by atoms with E-state index in [4.69, 9.17) is 22.4 Å². The number of phenolic OH excluding ortho intramolecular Hbond substituents is 1. The third-order valence-electron chi connectivity index (χ3n) is 3.96. The molecule has 1 aromatic heterocycles. The lowest BCUT2D eigenvalue weighted by atomic mass is 10.0. The van der Waals surface area contributed by atoms with Crippen molar-refractivity contribution in [1.29, 1.82) is 0 Å². The third-order valence-corrected chi connectivity index (χ3v) is 4.05. The Kier molecular flexibility index (Phi) is 6.52. The summed E-state index contributed by atoms with van der Waals surface area (Å²) in [6, 6.07) is 5.06. The van der Waals surface area contributed by atoms with Crippen molar-refractivity contribution in [2.24, 2.45) is 10.8 Å². The van der Waals surface area contributed by atoms with Crippen molar-refractivity contribution < 1.29 is 9.52 Å². The molecule has 1 aromatic carbocycles. The molecule has 0 unspecified atom stereocenters. The first-order valence-electron chi connectivity index (χ1n) is 8.32. The molecule has 2 aromatic rings. The molecular formula is C18H23N3O3S. The minimum absolute atomic E-state index is 0.0174. The summed E-state index contributed by atoms with van der Waals surface area (Å²) in [5, 5.41) is 14.9. The Morgan fingerprint density at radius 1 is 1.32 bits per heavy atom. The highest BCUT2D eigenvalue weighted by atomic mass is 32.1. The first-order valence-corrected chi connectivity index (χ1v) is 8.73. The Balaban J connectivity index is 2.35. The van der Waals surface area contributed by atoms with Gasteiger partial charge < -0.3 is 15.3 Å². The third kappa shape index (κ3) is 5.03. The van der Waals surface area contributed by atoms with E-state index < -0.39 is 5.63 Å². The minimum atomic E-state index is -0.534. The number of fused-ring (bicyclic) bond motifs is 1. The molecule has 2 rings (SSSR count). The van der Waals surface area contributed by atoms with Crippen LogP contribution in [0.2, 0.25) is 0 Å². The smallest absolute Gasteiger partial charge is 0.345 e. The average molecular weight is 361 g/mol. The maximum Gasteiger partial charge on any atom is 0.345 e. The van der Waals surface area contributed by atoms with Crippen LogP contribution in [-0.2, 0) is 6.42 Å². The van der Waals surface area contributed by atoms with Crippen LogP contribution in [0.1, 0.15) is 50.7 Å². The molecule has 0 aliphatic heterocycles. The van der Waals surface area contributed by atoms with Gasteiger partial charge >= 0.3 is 5.63 Å². The van der Waals surface area contributed by atoms with Crippen LogP contribution >= 0.6 is 12.2 Å². The van der Waals surface area contributed by atoms with Gasteiger partial charge in [0.05, 0.1) is 11.3 Å². The molecule has 7 heteroatoms. The standard InChI is InChI=1S/C18H23N3O3S/c1-3-4-5-6-7-12-8-13-9-14(11(2)20-21-18(19)25)17(23)24-16(13)10-15(12)22/h8-10,22H,3-7H2,1-2H3,(H3,19,21,25)/b20-11+. The molecule has 0 fully saturated rings. The fourth-order valence-corrected chi connectivity index (χ4v) is 2.64. The summed E-state index contributed by atoms with van der Waals surface area (Å²) in [5.41, 5.74) is 9.19. The summed E-state index contributed by atoms with van der Waals surface area (Å²) >= 11 is 4.69. The van der Waals surface area contributed by atoms with E-state index in [1.165, 1.54) is 12.5 Å². The molecule has 6 nitrogen and oxygen atoms in total. The van der Waals surface area contributed by atoms with E-state index >= 15 is 0 Å². The Hall–Kier alpha value is -2.41. The molecular weight excluding hydrogens is 338 g/mol. The highest BCUT2D eigenvalue weighted by Gasteiger charge is 2.11. The van der Waals surface area contributed by atoms with Gasteiger partial charge in [-0.25, -0.2) is 4.79 Å². The zero-order valence-corrected chi connectivity index (χ0v) is 15.3. The van der Waals surface area contributed by atoms with Gasteiger partial charge in [0.25, 0.3) is 0 Å². The van der Waals surface area contributed by atoms with E-state index in [0.29, 0.717) is 16.9 Å². The Morgan fingerprint density at radius 2 is 2.08 bits per heavy atom. The van der Waals surface area contributed by atoms with Crippen molar-refractivity contribution in [2.45, 2.75) is 46.0 Å². The minimum Gasteiger partial charge on any atom is -0.508 e. The first-order chi connectivity index (χ1) is 11.9. The average Bonchev–Trinajstić information content (AvgIpc) is 2.56. The lowest BCUT2D eigenvalue weighted by Gasteiger charge is -2.08. The largest absolute Gasteiger partial charge is 0.508 e. The van der Waals surface area contributed by atoms with Crippen LogP contribution in [-0.4, -0.2) is 15.9 Å². The zero-order valence-electron chi connectivity index (χ0n) is 14.5. The molecule has 1 heterocycles. The van der Waals surface area contributed by atoms with Gasteiger partial charge in [0.1, 0.15) is 11.3 Å². The van der Waals surface area contributed by atoms with Gasteiger partial charge in [-0.1, -0.05) is 26.2 Å². The number of nitrogens with zero attached hydrogens (tertiary/aromatic N) is 1. The number of nitrogens with two attached hydrogens (primary N) is 1. The summed E-state index contributed by atoms with van der Waals surface area (Å²) in [6.45, 7) is 3.82. The van der Waals surface area contributed by atoms with Crippen molar-refractivity contribution in [3.63, 3.8) is 0 Å². The van der Waals surface area contributed by atoms with Gasteiger partial charge in [0, 0.05) is 11.5 Å². The maximum atomic E-state index is 12.1. The molecule has 4 N–H and O–H groups in total. The molecule has 25 heavy (non-hydrogen) atoms. The van der Waals surface area contributed by atoms with Crippen molar-refractivity contribution in [3.8, 4) is 5.75 Å². The monoisotopic (exact) mass is 361 g/mol. The van der Waals surface area contributed by atoms with E-state index in [9.17, 15) is 9.90 Å². The second kappa shape index (κ2) is 8.62. The lowest BCUT2D eigenvalue weighted by molar-refractivity contribution is 0.464. The number of unbranched alkanes of at least 4 members (excludes halogenated alkanes) is 3. The number of thiocarbonyl (C=S) groups is 1. The van der Waals surface area contributed by atoms with Crippen LogP contribution in [0.15, 0.2) is 32.5 Å². The van der Waals surface area contributed by atoms with Crippen molar-refractivity contribution in [3.05, 3.63) is 39.7 Å². The van der Waals surface area contributed by atoms with Gasteiger partial charge in [-0.15, -0.1) is 0 Å². The maximum absolute atomic E-state index is 12.1. The molecule has 0 saturated carbocycles. The predicted molar refractivity (Wildman–Crippen MR) is 104 cm³/mol. The fraction of sp³-hybridized carbons (Fsp3) is 0.389. The second-order valence-electron chi connectivity index (χ2n) is 5.95. The number of phenols is 1. The summed E-state index contributed by atoms with van der Waals surface area (Å²) < 4.78 is 5.31. The number of hydrogen-bond donors (Lipinski definition) is 3. The molecule has 0 bridgehead atoms. The molecule has 0 radical (unpaired) electrons. The zero-order chi connectivity index (χ0) is 18.4. The van der Waals surface area contributed by atoms with E-state index in [1.807, 2.05) is 6.07 Å². The highest BCUT2D eigenvalue weighted by Crippen LogP contribution is 2.26. The lowest BCUT2D eigenvalue weighted by Crippen LogP contribution is -2.26. The summed E-state index contributed by atoms with van der Waals surface area (Å²) in [5.74, 6) is 0.153. The summed E-state index contributed by atoms with van der Waals surface area (Å²) in [4.78, 5) is 12.1. The van der Waals surface area contributed by atoms with Crippen LogP contribution in [0.3, 0.4) is 0 Å². The number of aromatic hydroxyl groups is 1. The second-order valence-corrected chi connectivity index (χ2v) is 6.39. The number of benzene rings is 1. The van der Waals surface area contributed by atoms with Gasteiger partial charge in [-0.05, 0) is 49.7 Å². The van der Waals surface area contributed by atoms with E-state index in [1.54, 1.807) is 13.0 Å². The normalized spacial score (nSPS) is 11.7. The number of nitrogens with one attached hydrogen (secondary N) is 1. The molecule has 0 saturated heterocycles. The van der Waals surface area contributed by atoms with Crippen LogP contribution in [0, 0.1) is 0 Å². The Bertz CT molecular complexity index is 859. The number of hydrazone groups is 1. The van der Waals surface area contributed by atoms with Gasteiger partial charge in [-0.3, -0.25) is 5.43 Å². The molecule has 134 valence electrons. The summed E-state index contributed by atoms with van der Waals surface area (Å²) in [6.07, 6.45) is 5.26. The summed E-state index contributed by atoms with van der Waals surface area (Å²) in [7, 11) is 0. The molecule has 0 aliphatic carbocycles. The van der Waals surface area contributed by atoms with Crippen LogP contribution < -0.4 is 16.8 Å². The van der Waals surface area contributed by atoms with Crippen LogP contribution in [0.25, 0.3) is 11.0 Å². The van der Waals surface area contributed by atoms with Crippen molar-refractivity contribution in [1.82, 2.24) is 5.43 Å². The van der Waals surface area contributed by atoms with Gasteiger partial charge in [0.2, 0.25) is 0 Å². The first kappa shape index (κ1) is 18.9. The van der Waals surface area contributed by atoms with E-state index in [2.05, 4.69) is 17.5 Å². The molecule has 0 aliphatic rings. The van der Waals surface area contributed by atoms with Gasteiger partial charge in [0.15, 0.2) is 5.11 Å². The number of rotatable bonds is 7. The number of aryl methyl sites for hydroxylation is 1. The van der Waals surface area contributed by atoms with E-state index in [-0.39, 0.29) is 10.9 Å². The highest BCUT2D eigenvalue weighted by molar-refractivity contribution is 7.80. The van der Waals surface area contributed by atoms with Crippen molar-refractivity contribution >= 4 is 34.0 Å². The quantitative estimate of drug-likeness (QED) is 0.230. The van der Waals surface area contributed by atoms with E-state index in [0.717, 1.165) is 36.6 Å². The fourth-order valence-electron chi connectivity index (χ4n) is 2.60. The Labute approximate surface area is 151 Å². The predicted octanol–water partition coefficient (Wildman–Crippen LogP) is 3.18. The van der Waals surface area contributed by atoms with Crippen LogP contribution in [0.5, 0.6) is 5.75 Å². The topological polar surface area (TPSA) is 101 Å². The Morgan fingerprint density at radius 3 is 2.76 bits per heavy atom.